The summed E-state index contributed by atoms with van der Waals surface area (Å²) in [6, 6.07) is 6.65. The molecule has 0 saturated heterocycles. The van der Waals surface area contributed by atoms with Crippen molar-refractivity contribution in [3.8, 4) is 0 Å². The van der Waals surface area contributed by atoms with Gasteiger partial charge in [-0.05, 0) is 24.1 Å². The lowest BCUT2D eigenvalue weighted by Crippen LogP contribution is -2.24. The van der Waals surface area contributed by atoms with E-state index in [1.165, 1.54) is 11.0 Å². The molecule has 0 amide bonds. The van der Waals surface area contributed by atoms with E-state index in [4.69, 9.17) is 11.6 Å². The van der Waals surface area contributed by atoms with E-state index in [-0.39, 0.29) is 11.4 Å². The summed E-state index contributed by atoms with van der Waals surface area (Å²) < 4.78 is 28.1. The van der Waals surface area contributed by atoms with Crippen molar-refractivity contribution >= 4 is 21.6 Å². The largest absolute Gasteiger partial charge is 0.256 e. The van der Waals surface area contributed by atoms with Gasteiger partial charge >= 0.3 is 0 Å². The van der Waals surface area contributed by atoms with Crippen LogP contribution in [0.25, 0.3) is 0 Å². The van der Waals surface area contributed by atoms with Crippen molar-refractivity contribution in [2.45, 2.75) is 17.9 Å². The van der Waals surface area contributed by atoms with Crippen LogP contribution >= 0.6 is 11.6 Å². The molecule has 0 fully saturated rings. The van der Waals surface area contributed by atoms with Crippen LogP contribution in [0.5, 0.6) is 0 Å². The summed E-state index contributed by atoms with van der Waals surface area (Å²) in [6.45, 7) is 0.0621. The van der Waals surface area contributed by atoms with Crippen molar-refractivity contribution in [1.29, 1.82) is 0 Å². The fraction of sp³-hybridized carbons (Fsp3) is 0.333. The number of aryl methyl sites for hydroxylation is 2. The highest BCUT2D eigenvalue weighted by molar-refractivity contribution is 7.89. The predicted octanol–water partition coefficient (Wildman–Crippen LogP) is 1.07. The molecule has 0 aliphatic heterocycles. The topological polar surface area (TPSA) is 76.9 Å². The number of hydrogen-bond donors (Lipinski definition) is 1. The Bertz CT molecular complexity index is 667. The van der Waals surface area contributed by atoms with Gasteiger partial charge in [0.15, 0.2) is 5.82 Å². The Labute approximate surface area is 122 Å². The minimum Gasteiger partial charge on any atom is -0.256 e. The number of rotatable bonds is 6. The number of aromatic nitrogens is 3. The van der Waals surface area contributed by atoms with Crippen LogP contribution in [-0.2, 0) is 30.0 Å². The molecule has 8 heteroatoms. The van der Waals surface area contributed by atoms with Crippen LogP contribution in [0.15, 0.2) is 35.5 Å². The Hall–Kier alpha value is -1.44. The minimum absolute atomic E-state index is 0.0621. The summed E-state index contributed by atoms with van der Waals surface area (Å²) in [5.41, 5.74) is 1.00. The molecule has 1 heterocycles. The number of halogens is 1. The number of alkyl halides is 1. The van der Waals surface area contributed by atoms with Gasteiger partial charge in [0.2, 0.25) is 10.0 Å². The van der Waals surface area contributed by atoms with E-state index in [0.717, 1.165) is 5.56 Å². The first-order valence-electron chi connectivity index (χ1n) is 6.00. The zero-order valence-corrected chi connectivity index (χ0v) is 12.5. The number of sulfonamides is 1. The molecule has 0 aliphatic carbocycles. The Morgan fingerprint density at radius 1 is 1.30 bits per heavy atom. The van der Waals surface area contributed by atoms with Crippen molar-refractivity contribution in [2.75, 3.05) is 5.88 Å². The third-order valence-corrected chi connectivity index (χ3v) is 4.29. The molecule has 1 N–H and O–H groups in total. The fourth-order valence-electron chi connectivity index (χ4n) is 1.65. The number of hydrogen-bond acceptors (Lipinski definition) is 4. The van der Waals surface area contributed by atoms with Crippen LogP contribution in [-0.4, -0.2) is 29.1 Å². The normalized spacial score (nSPS) is 11.7. The fourth-order valence-corrected chi connectivity index (χ4v) is 2.85. The molecule has 0 aliphatic rings. The van der Waals surface area contributed by atoms with Crippen LogP contribution in [0, 0.1) is 0 Å². The summed E-state index contributed by atoms with van der Waals surface area (Å²) in [7, 11) is -1.83. The van der Waals surface area contributed by atoms with Crippen molar-refractivity contribution in [1.82, 2.24) is 19.5 Å². The second-order valence-electron chi connectivity index (χ2n) is 4.24. The van der Waals surface area contributed by atoms with E-state index in [1.807, 2.05) is 0 Å². The summed E-state index contributed by atoms with van der Waals surface area (Å²) in [5.74, 6) is 0.935. The molecule has 0 saturated carbocycles. The zero-order chi connectivity index (χ0) is 14.6. The molecule has 0 bridgehead atoms. The highest BCUT2D eigenvalue weighted by Gasteiger charge is 2.14. The van der Waals surface area contributed by atoms with Crippen LogP contribution in [0.3, 0.4) is 0 Å². The molecule has 1 aromatic heterocycles. The highest BCUT2D eigenvalue weighted by atomic mass is 35.5. The second-order valence-corrected chi connectivity index (χ2v) is 6.39. The summed E-state index contributed by atoms with van der Waals surface area (Å²) in [5, 5.41) is 4.01. The van der Waals surface area contributed by atoms with Crippen LogP contribution in [0.4, 0.5) is 0 Å². The lowest BCUT2D eigenvalue weighted by atomic mass is 10.2. The molecule has 0 radical (unpaired) electrons. The third kappa shape index (κ3) is 3.78. The van der Waals surface area contributed by atoms with E-state index >= 15 is 0 Å². The quantitative estimate of drug-likeness (QED) is 0.809. The van der Waals surface area contributed by atoms with Gasteiger partial charge in [0.1, 0.15) is 6.33 Å². The zero-order valence-electron chi connectivity index (χ0n) is 11.0. The molecule has 2 aromatic rings. The maximum atomic E-state index is 12.1. The van der Waals surface area contributed by atoms with E-state index in [0.29, 0.717) is 18.1 Å². The first kappa shape index (κ1) is 15.0. The van der Waals surface area contributed by atoms with E-state index < -0.39 is 10.0 Å². The van der Waals surface area contributed by atoms with Gasteiger partial charge in [0.25, 0.3) is 0 Å². The Morgan fingerprint density at radius 3 is 2.55 bits per heavy atom. The standard InChI is InChI=1S/C12H15ClN4O2S/c1-17-9-14-12(16-17)8-15-20(18,19)11-4-2-10(3-5-11)6-7-13/h2-5,9,15H,6-8H2,1H3. The maximum absolute atomic E-state index is 12.1. The summed E-state index contributed by atoms with van der Waals surface area (Å²) in [6.07, 6.45) is 2.23. The van der Waals surface area contributed by atoms with Gasteiger partial charge in [0.05, 0.1) is 11.4 Å². The van der Waals surface area contributed by atoms with Gasteiger partial charge in [-0.25, -0.2) is 18.1 Å². The van der Waals surface area contributed by atoms with Gasteiger partial charge < -0.3 is 0 Å². The number of nitrogens with one attached hydrogen (secondary N) is 1. The average molecular weight is 315 g/mol. The molecule has 1 aromatic carbocycles. The first-order valence-corrected chi connectivity index (χ1v) is 8.02. The van der Waals surface area contributed by atoms with Crippen molar-refractivity contribution < 1.29 is 8.42 Å². The summed E-state index contributed by atoms with van der Waals surface area (Å²) in [4.78, 5) is 4.18. The van der Waals surface area contributed by atoms with Crippen LogP contribution in [0.1, 0.15) is 11.4 Å². The molecule has 2 rings (SSSR count). The number of benzene rings is 1. The lowest BCUT2D eigenvalue weighted by molar-refractivity contribution is 0.578. The Kier molecular flexibility index (Phi) is 4.74. The SMILES string of the molecule is Cn1cnc(CNS(=O)(=O)c2ccc(CCCl)cc2)n1. The Balaban J connectivity index is 2.05. The molecule has 108 valence electrons. The van der Waals surface area contributed by atoms with E-state index in [2.05, 4.69) is 14.8 Å². The summed E-state index contributed by atoms with van der Waals surface area (Å²) >= 11 is 5.64. The molecule has 6 nitrogen and oxygen atoms in total. The third-order valence-electron chi connectivity index (χ3n) is 2.68. The predicted molar refractivity (Wildman–Crippen MR) is 75.9 cm³/mol. The molecule has 0 unspecified atom stereocenters. The van der Waals surface area contributed by atoms with Crippen molar-refractivity contribution in [2.24, 2.45) is 7.05 Å². The van der Waals surface area contributed by atoms with Gasteiger partial charge in [-0.1, -0.05) is 12.1 Å². The second kappa shape index (κ2) is 6.34. The average Bonchev–Trinajstić information content (AvgIpc) is 2.84. The molecular formula is C12H15ClN4O2S. The molecule has 0 spiro atoms. The van der Waals surface area contributed by atoms with E-state index in [1.54, 1.807) is 31.3 Å². The molecular weight excluding hydrogens is 300 g/mol. The lowest BCUT2D eigenvalue weighted by Gasteiger charge is -2.06. The minimum atomic E-state index is -3.55. The van der Waals surface area contributed by atoms with Gasteiger partial charge in [-0.2, -0.15) is 5.10 Å². The molecule has 0 atom stereocenters. The highest BCUT2D eigenvalue weighted by Crippen LogP contribution is 2.11. The van der Waals surface area contributed by atoms with E-state index in [9.17, 15) is 8.42 Å². The smallest absolute Gasteiger partial charge is 0.240 e. The number of nitrogens with zero attached hydrogens (tertiary/aromatic N) is 3. The Morgan fingerprint density at radius 2 is 2.00 bits per heavy atom. The molecule has 20 heavy (non-hydrogen) atoms. The van der Waals surface area contributed by atoms with Crippen molar-refractivity contribution in [3.63, 3.8) is 0 Å². The van der Waals surface area contributed by atoms with Gasteiger partial charge in [-0.3, -0.25) is 4.68 Å². The van der Waals surface area contributed by atoms with Crippen LogP contribution in [0.2, 0.25) is 0 Å². The van der Waals surface area contributed by atoms with Crippen molar-refractivity contribution in [3.05, 3.63) is 42.0 Å². The maximum Gasteiger partial charge on any atom is 0.240 e. The van der Waals surface area contributed by atoms with Gasteiger partial charge in [0, 0.05) is 12.9 Å². The monoisotopic (exact) mass is 314 g/mol. The van der Waals surface area contributed by atoms with Gasteiger partial charge in [-0.15, -0.1) is 11.6 Å². The first-order chi connectivity index (χ1) is 9.51. The van der Waals surface area contributed by atoms with Crippen LogP contribution < -0.4 is 4.72 Å².